The molecule has 0 aromatic heterocycles. The largest absolute Gasteiger partial charge is 0.494 e. The van der Waals surface area contributed by atoms with Crippen LogP contribution in [0, 0.1) is 10.1 Å². The molecular formula is C20H18N2O5. The second kappa shape index (κ2) is 8.18. The lowest BCUT2D eigenvalue weighted by Crippen LogP contribution is -2.20. The number of nitro groups is 1. The third-order valence-corrected chi connectivity index (χ3v) is 3.84. The number of anilines is 1. The van der Waals surface area contributed by atoms with Crippen LogP contribution in [0.3, 0.4) is 0 Å². The van der Waals surface area contributed by atoms with Gasteiger partial charge in [0.15, 0.2) is 6.61 Å². The maximum atomic E-state index is 12.1. The zero-order chi connectivity index (χ0) is 19.2. The molecule has 0 bridgehead atoms. The van der Waals surface area contributed by atoms with E-state index in [1.54, 1.807) is 19.1 Å². The summed E-state index contributed by atoms with van der Waals surface area (Å²) in [5.74, 6) is 0.426. The Morgan fingerprint density at radius 1 is 1.00 bits per heavy atom. The van der Waals surface area contributed by atoms with Crippen molar-refractivity contribution in [2.45, 2.75) is 6.92 Å². The van der Waals surface area contributed by atoms with E-state index in [1.807, 2.05) is 36.4 Å². The molecule has 0 unspecified atom stereocenters. The number of nitrogens with zero attached hydrogens (tertiary/aromatic N) is 1. The van der Waals surface area contributed by atoms with Gasteiger partial charge in [-0.15, -0.1) is 0 Å². The SMILES string of the molecule is CCOc1ccc(NC(=O)COc2ccc3ccccc3c2)c([N+](=O)[O-])c1. The van der Waals surface area contributed by atoms with E-state index in [0.29, 0.717) is 18.1 Å². The summed E-state index contributed by atoms with van der Waals surface area (Å²) in [4.78, 5) is 22.8. The van der Waals surface area contributed by atoms with Crippen molar-refractivity contribution < 1.29 is 19.2 Å². The second-order valence-electron chi connectivity index (χ2n) is 5.71. The van der Waals surface area contributed by atoms with Gasteiger partial charge in [0.2, 0.25) is 0 Å². The molecule has 1 N–H and O–H groups in total. The van der Waals surface area contributed by atoms with Gasteiger partial charge >= 0.3 is 0 Å². The van der Waals surface area contributed by atoms with Crippen molar-refractivity contribution in [1.82, 2.24) is 0 Å². The van der Waals surface area contributed by atoms with Crippen LogP contribution in [0.5, 0.6) is 11.5 Å². The maximum absolute atomic E-state index is 12.1. The molecular weight excluding hydrogens is 348 g/mol. The summed E-state index contributed by atoms with van der Waals surface area (Å²) >= 11 is 0. The van der Waals surface area contributed by atoms with Crippen molar-refractivity contribution in [3.05, 3.63) is 70.8 Å². The molecule has 0 aliphatic carbocycles. The fraction of sp³-hybridized carbons (Fsp3) is 0.150. The summed E-state index contributed by atoms with van der Waals surface area (Å²) in [7, 11) is 0. The molecule has 0 saturated heterocycles. The highest BCUT2D eigenvalue weighted by Gasteiger charge is 2.17. The molecule has 7 heteroatoms. The van der Waals surface area contributed by atoms with Gasteiger partial charge < -0.3 is 14.8 Å². The zero-order valence-electron chi connectivity index (χ0n) is 14.7. The minimum absolute atomic E-state index is 0.0931. The number of amides is 1. The topological polar surface area (TPSA) is 90.7 Å². The van der Waals surface area contributed by atoms with Gasteiger partial charge in [-0.3, -0.25) is 14.9 Å². The first-order valence-electron chi connectivity index (χ1n) is 8.39. The average molecular weight is 366 g/mol. The van der Waals surface area contributed by atoms with E-state index in [9.17, 15) is 14.9 Å². The van der Waals surface area contributed by atoms with Crippen molar-refractivity contribution in [2.75, 3.05) is 18.5 Å². The van der Waals surface area contributed by atoms with Crippen molar-refractivity contribution in [3.8, 4) is 11.5 Å². The van der Waals surface area contributed by atoms with E-state index < -0.39 is 10.8 Å². The van der Waals surface area contributed by atoms with Crippen molar-refractivity contribution in [1.29, 1.82) is 0 Å². The molecule has 3 rings (SSSR count). The smallest absolute Gasteiger partial charge is 0.296 e. The van der Waals surface area contributed by atoms with Gasteiger partial charge in [-0.1, -0.05) is 30.3 Å². The first-order chi connectivity index (χ1) is 13.1. The Labute approximate surface area is 155 Å². The van der Waals surface area contributed by atoms with Gasteiger partial charge in [0.05, 0.1) is 17.6 Å². The molecule has 3 aromatic carbocycles. The molecule has 3 aromatic rings. The Morgan fingerprint density at radius 3 is 2.44 bits per heavy atom. The van der Waals surface area contributed by atoms with Crippen LogP contribution in [-0.2, 0) is 4.79 Å². The minimum Gasteiger partial charge on any atom is -0.494 e. The first-order valence-corrected chi connectivity index (χ1v) is 8.39. The number of hydrogen-bond acceptors (Lipinski definition) is 5. The first kappa shape index (κ1) is 18.2. The Hall–Kier alpha value is -3.61. The second-order valence-corrected chi connectivity index (χ2v) is 5.71. The van der Waals surface area contributed by atoms with Crippen LogP contribution in [0.2, 0.25) is 0 Å². The number of benzene rings is 3. The third-order valence-electron chi connectivity index (χ3n) is 3.84. The van der Waals surface area contributed by atoms with Gasteiger partial charge in [-0.25, -0.2) is 0 Å². The van der Waals surface area contributed by atoms with Crippen LogP contribution < -0.4 is 14.8 Å². The van der Waals surface area contributed by atoms with Crippen molar-refractivity contribution >= 4 is 28.1 Å². The van der Waals surface area contributed by atoms with Gasteiger partial charge in [0.1, 0.15) is 17.2 Å². The fourth-order valence-corrected chi connectivity index (χ4v) is 2.62. The molecule has 0 spiro atoms. The number of hydrogen-bond donors (Lipinski definition) is 1. The molecule has 138 valence electrons. The van der Waals surface area contributed by atoms with Gasteiger partial charge in [-0.05, 0) is 42.0 Å². The maximum Gasteiger partial charge on any atom is 0.296 e. The summed E-state index contributed by atoms with van der Waals surface area (Å²) < 4.78 is 10.8. The zero-order valence-corrected chi connectivity index (χ0v) is 14.7. The standard InChI is InChI=1S/C20H18N2O5/c1-2-26-17-9-10-18(19(12-17)22(24)25)21-20(23)13-27-16-8-7-14-5-3-4-6-15(14)11-16/h3-12H,2,13H2,1H3,(H,21,23). The van der Waals surface area contributed by atoms with E-state index in [2.05, 4.69) is 5.32 Å². The minimum atomic E-state index is -0.567. The van der Waals surface area contributed by atoms with Crippen LogP contribution in [0.25, 0.3) is 10.8 Å². The van der Waals surface area contributed by atoms with Gasteiger partial charge in [-0.2, -0.15) is 0 Å². The number of nitro benzene ring substituents is 1. The van der Waals surface area contributed by atoms with Gasteiger partial charge in [0, 0.05) is 0 Å². The van der Waals surface area contributed by atoms with Crippen LogP contribution in [0.15, 0.2) is 60.7 Å². The van der Waals surface area contributed by atoms with Gasteiger partial charge in [0.25, 0.3) is 11.6 Å². The summed E-state index contributed by atoms with van der Waals surface area (Å²) in [6.07, 6.45) is 0. The molecule has 0 radical (unpaired) electrons. The summed E-state index contributed by atoms with van der Waals surface area (Å²) in [5.41, 5.74) is -0.143. The Kier molecular flexibility index (Phi) is 5.51. The molecule has 27 heavy (non-hydrogen) atoms. The number of ether oxygens (including phenoxy) is 2. The summed E-state index contributed by atoms with van der Waals surface area (Å²) in [5, 5.41) is 15.8. The average Bonchev–Trinajstić information content (AvgIpc) is 2.67. The van der Waals surface area contributed by atoms with Crippen LogP contribution in [0.4, 0.5) is 11.4 Å². The molecule has 0 aliphatic heterocycles. The highest BCUT2D eigenvalue weighted by Crippen LogP contribution is 2.29. The predicted octanol–water partition coefficient (Wildman–Crippen LogP) is 4.16. The Bertz CT molecular complexity index is 987. The summed E-state index contributed by atoms with van der Waals surface area (Å²) in [6, 6.07) is 17.6. The normalized spacial score (nSPS) is 10.4. The fourth-order valence-electron chi connectivity index (χ4n) is 2.62. The molecule has 1 amide bonds. The lowest BCUT2D eigenvalue weighted by atomic mass is 10.1. The van der Waals surface area contributed by atoms with E-state index in [-0.39, 0.29) is 18.0 Å². The molecule has 0 saturated carbocycles. The Morgan fingerprint density at radius 2 is 1.70 bits per heavy atom. The van der Waals surface area contributed by atoms with E-state index in [1.165, 1.54) is 12.1 Å². The highest BCUT2D eigenvalue weighted by atomic mass is 16.6. The van der Waals surface area contributed by atoms with Crippen molar-refractivity contribution in [3.63, 3.8) is 0 Å². The highest BCUT2D eigenvalue weighted by molar-refractivity contribution is 5.94. The molecule has 0 aliphatic rings. The lowest BCUT2D eigenvalue weighted by Gasteiger charge is -2.10. The van der Waals surface area contributed by atoms with E-state index in [0.717, 1.165) is 10.8 Å². The Balaban J connectivity index is 1.67. The van der Waals surface area contributed by atoms with Crippen LogP contribution in [0.1, 0.15) is 6.92 Å². The third kappa shape index (κ3) is 4.52. The quantitative estimate of drug-likeness (QED) is 0.501. The van der Waals surface area contributed by atoms with Crippen LogP contribution in [-0.4, -0.2) is 24.0 Å². The van der Waals surface area contributed by atoms with E-state index in [4.69, 9.17) is 9.47 Å². The summed E-state index contributed by atoms with van der Waals surface area (Å²) in [6.45, 7) is 1.91. The van der Waals surface area contributed by atoms with Crippen LogP contribution >= 0.6 is 0 Å². The monoisotopic (exact) mass is 366 g/mol. The molecule has 7 nitrogen and oxygen atoms in total. The molecule has 0 atom stereocenters. The van der Waals surface area contributed by atoms with E-state index >= 15 is 0 Å². The predicted molar refractivity (Wildman–Crippen MR) is 102 cm³/mol. The number of fused-ring (bicyclic) bond motifs is 1. The van der Waals surface area contributed by atoms with Crippen molar-refractivity contribution in [2.24, 2.45) is 0 Å². The lowest BCUT2D eigenvalue weighted by molar-refractivity contribution is -0.384. The number of carbonyl (C=O) groups excluding carboxylic acids is 1. The number of nitrogens with one attached hydrogen (secondary N) is 1. The molecule has 0 heterocycles. The number of carbonyl (C=O) groups is 1. The molecule has 0 fully saturated rings. The number of rotatable bonds is 7.